The summed E-state index contributed by atoms with van der Waals surface area (Å²) >= 11 is 0. The van der Waals surface area contributed by atoms with E-state index in [9.17, 15) is 4.79 Å². The van der Waals surface area contributed by atoms with E-state index in [1.165, 1.54) is 0 Å². The maximum absolute atomic E-state index is 12.0. The number of amides is 1. The zero-order valence-electron chi connectivity index (χ0n) is 11.3. The molecule has 1 aromatic rings. The van der Waals surface area contributed by atoms with Gasteiger partial charge in [0.1, 0.15) is 0 Å². The van der Waals surface area contributed by atoms with E-state index in [0.717, 1.165) is 5.56 Å². The molecule has 102 valence electrons. The Bertz CT molecular complexity index is 474. The number of nitrogens with one attached hydrogen (secondary N) is 1. The molecular formula is C15H19NO3. The first kappa shape index (κ1) is 15.2. The fourth-order valence-electron chi connectivity index (χ4n) is 1.56. The Labute approximate surface area is 113 Å². The van der Waals surface area contributed by atoms with Crippen LogP contribution in [-0.2, 0) is 4.74 Å². The summed E-state index contributed by atoms with van der Waals surface area (Å²) in [4.78, 5) is 12.0. The smallest absolute Gasteiger partial charge is 0.251 e. The molecule has 0 saturated carbocycles. The summed E-state index contributed by atoms with van der Waals surface area (Å²) < 4.78 is 4.97. The molecule has 0 aliphatic heterocycles. The normalized spacial score (nSPS) is 11.3. The number of methoxy groups -OCH3 is 1. The minimum absolute atomic E-state index is 0.0402. The van der Waals surface area contributed by atoms with E-state index in [-0.39, 0.29) is 18.6 Å². The first-order valence-electron chi connectivity index (χ1n) is 6.17. The lowest BCUT2D eigenvalue weighted by molar-refractivity contribution is 0.0905. The van der Waals surface area contributed by atoms with Gasteiger partial charge in [0.05, 0.1) is 13.2 Å². The molecule has 1 aromatic carbocycles. The van der Waals surface area contributed by atoms with E-state index in [0.29, 0.717) is 18.6 Å². The summed E-state index contributed by atoms with van der Waals surface area (Å²) in [6.45, 7) is 2.40. The van der Waals surface area contributed by atoms with Crippen LogP contribution >= 0.6 is 0 Å². The number of carbonyl (C=O) groups is 1. The SMILES string of the molecule is COCC(C)NC(=O)c1cccc(C#CCCO)c1. The summed E-state index contributed by atoms with van der Waals surface area (Å²) in [6, 6.07) is 7.06. The third-order valence-corrected chi connectivity index (χ3v) is 2.39. The van der Waals surface area contributed by atoms with Gasteiger partial charge in [-0.05, 0) is 25.1 Å². The first-order valence-corrected chi connectivity index (χ1v) is 6.17. The summed E-state index contributed by atoms with van der Waals surface area (Å²) in [5, 5.41) is 11.5. The van der Waals surface area contributed by atoms with Gasteiger partial charge in [0, 0.05) is 30.7 Å². The van der Waals surface area contributed by atoms with Crippen molar-refractivity contribution in [2.24, 2.45) is 0 Å². The van der Waals surface area contributed by atoms with Gasteiger partial charge in [-0.25, -0.2) is 0 Å². The van der Waals surface area contributed by atoms with Gasteiger partial charge >= 0.3 is 0 Å². The molecule has 19 heavy (non-hydrogen) atoms. The molecule has 4 heteroatoms. The highest BCUT2D eigenvalue weighted by molar-refractivity contribution is 5.94. The number of rotatable bonds is 5. The first-order chi connectivity index (χ1) is 9.17. The van der Waals surface area contributed by atoms with Gasteiger partial charge < -0.3 is 15.2 Å². The zero-order chi connectivity index (χ0) is 14.1. The Morgan fingerprint density at radius 1 is 1.53 bits per heavy atom. The molecule has 0 spiro atoms. The maximum atomic E-state index is 12.0. The largest absolute Gasteiger partial charge is 0.395 e. The van der Waals surface area contributed by atoms with Crippen LogP contribution in [0.1, 0.15) is 29.3 Å². The third kappa shape index (κ3) is 5.56. The van der Waals surface area contributed by atoms with Crippen molar-refractivity contribution >= 4 is 5.91 Å². The monoisotopic (exact) mass is 261 g/mol. The van der Waals surface area contributed by atoms with Crippen molar-refractivity contribution in [2.75, 3.05) is 20.3 Å². The van der Waals surface area contributed by atoms with Crippen LogP contribution in [0.5, 0.6) is 0 Å². The molecule has 1 atom stereocenters. The van der Waals surface area contributed by atoms with Gasteiger partial charge in [-0.3, -0.25) is 4.79 Å². The van der Waals surface area contributed by atoms with Crippen molar-refractivity contribution in [3.8, 4) is 11.8 Å². The second-order valence-corrected chi connectivity index (χ2v) is 4.19. The standard InChI is InChI=1S/C15H19NO3/c1-12(11-19-2)16-15(18)14-8-5-7-13(10-14)6-3-4-9-17/h5,7-8,10,12,17H,4,9,11H2,1-2H3,(H,16,18). The number of hydrogen-bond donors (Lipinski definition) is 2. The molecule has 0 heterocycles. The lowest BCUT2D eigenvalue weighted by Gasteiger charge is -2.12. The molecular weight excluding hydrogens is 242 g/mol. The van der Waals surface area contributed by atoms with Crippen LogP contribution in [-0.4, -0.2) is 37.4 Å². The number of carbonyl (C=O) groups excluding carboxylic acids is 1. The van der Waals surface area contributed by atoms with E-state index in [4.69, 9.17) is 9.84 Å². The highest BCUT2D eigenvalue weighted by atomic mass is 16.5. The molecule has 1 unspecified atom stereocenters. The summed E-state index contributed by atoms with van der Waals surface area (Å²) in [5.41, 5.74) is 1.33. The van der Waals surface area contributed by atoms with E-state index in [2.05, 4.69) is 17.2 Å². The van der Waals surface area contributed by atoms with E-state index in [1.54, 1.807) is 25.3 Å². The van der Waals surface area contributed by atoms with Crippen molar-refractivity contribution in [2.45, 2.75) is 19.4 Å². The predicted octanol–water partition coefficient (Wildman–Crippen LogP) is 1.19. The average molecular weight is 261 g/mol. The van der Waals surface area contributed by atoms with Crippen LogP contribution in [0, 0.1) is 11.8 Å². The molecule has 4 nitrogen and oxygen atoms in total. The van der Waals surface area contributed by atoms with E-state index in [1.807, 2.05) is 13.0 Å². The van der Waals surface area contributed by atoms with Gasteiger partial charge in [-0.15, -0.1) is 0 Å². The van der Waals surface area contributed by atoms with Crippen molar-refractivity contribution in [3.05, 3.63) is 35.4 Å². The van der Waals surface area contributed by atoms with Gasteiger partial charge in [0.25, 0.3) is 5.91 Å². The molecule has 1 rings (SSSR count). The molecule has 0 bridgehead atoms. The van der Waals surface area contributed by atoms with E-state index < -0.39 is 0 Å². The minimum atomic E-state index is -0.143. The fraction of sp³-hybridized carbons (Fsp3) is 0.400. The predicted molar refractivity (Wildman–Crippen MR) is 73.8 cm³/mol. The lowest BCUT2D eigenvalue weighted by atomic mass is 10.1. The van der Waals surface area contributed by atoms with Crippen LogP contribution < -0.4 is 5.32 Å². The number of hydrogen-bond acceptors (Lipinski definition) is 3. The third-order valence-electron chi connectivity index (χ3n) is 2.39. The van der Waals surface area contributed by atoms with Crippen LogP contribution in [0.3, 0.4) is 0 Å². The lowest BCUT2D eigenvalue weighted by Crippen LogP contribution is -2.35. The van der Waals surface area contributed by atoms with Crippen LogP contribution in [0.2, 0.25) is 0 Å². The van der Waals surface area contributed by atoms with Gasteiger partial charge in [0.15, 0.2) is 0 Å². The number of aliphatic hydroxyl groups is 1. The highest BCUT2D eigenvalue weighted by Crippen LogP contribution is 2.04. The highest BCUT2D eigenvalue weighted by Gasteiger charge is 2.09. The summed E-state index contributed by atoms with van der Waals surface area (Å²) in [5.74, 6) is 5.59. The molecule has 0 fully saturated rings. The number of aliphatic hydroxyl groups excluding tert-OH is 1. The topological polar surface area (TPSA) is 58.6 Å². The van der Waals surface area contributed by atoms with Crippen molar-refractivity contribution in [3.63, 3.8) is 0 Å². The molecule has 0 radical (unpaired) electrons. The van der Waals surface area contributed by atoms with Crippen LogP contribution in [0.25, 0.3) is 0 Å². The Hall–Kier alpha value is -1.83. The Balaban J connectivity index is 2.71. The molecule has 0 aliphatic carbocycles. The Morgan fingerprint density at radius 3 is 3.00 bits per heavy atom. The van der Waals surface area contributed by atoms with Crippen molar-refractivity contribution in [1.82, 2.24) is 5.32 Å². The maximum Gasteiger partial charge on any atom is 0.251 e. The van der Waals surface area contributed by atoms with Crippen molar-refractivity contribution < 1.29 is 14.6 Å². The second kappa shape index (κ2) is 8.30. The van der Waals surface area contributed by atoms with Crippen LogP contribution in [0.4, 0.5) is 0 Å². The summed E-state index contributed by atoms with van der Waals surface area (Å²) in [7, 11) is 1.60. The second-order valence-electron chi connectivity index (χ2n) is 4.19. The molecule has 0 aliphatic rings. The Morgan fingerprint density at radius 2 is 2.32 bits per heavy atom. The molecule has 1 amide bonds. The Kier molecular flexibility index (Phi) is 6.65. The number of benzene rings is 1. The fourth-order valence-corrected chi connectivity index (χ4v) is 1.56. The van der Waals surface area contributed by atoms with Gasteiger partial charge in [0.2, 0.25) is 0 Å². The minimum Gasteiger partial charge on any atom is -0.395 e. The number of ether oxygens (including phenoxy) is 1. The quantitative estimate of drug-likeness (QED) is 0.783. The summed E-state index contributed by atoms with van der Waals surface area (Å²) in [6.07, 6.45) is 0.432. The zero-order valence-corrected chi connectivity index (χ0v) is 11.3. The van der Waals surface area contributed by atoms with E-state index >= 15 is 0 Å². The van der Waals surface area contributed by atoms with Crippen LogP contribution in [0.15, 0.2) is 24.3 Å². The van der Waals surface area contributed by atoms with Gasteiger partial charge in [-0.2, -0.15) is 0 Å². The molecule has 0 saturated heterocycles. The average Bonchev–Trinajstić information content (AvgIpc) is 2.39. The molecule has 2 N–H and O–H groups in total. The van der Waals surface area contributed by atoms with Crippen molar-refractivity contribution in [1.29, 1.82) is 0 Å². The molecule has 0 aromatic heterocycles. The van der Waals surface area contributed by atoms with Gasteiger partial charge in [-0.1, -0.05) is 17.9 Å².